The number of para-hydroxylation sites is 1. The van der Waals surface area contributed by atoms with Crippen molar-refractivity contribution < 1.29 is 28.5 Å². The molecule has 2 heterocycles. The molecule has 1 aliphatic heterocycles. The minimum atomic E-state index is -1.09. The Labute approximate surface area is 184 Å². The average Bonchev–Trinajstić information content (AvgIpc) is 2.78. The van der Waals surface area contributed by atoms with Crippen molar-refractivity contribution >= 4 is 33.7 Å². The number of carbonyl (C=O) groups excluding carboxylic acids is 2. The lowest BCUT2D eigenvalue weighted by Crippen LogP contribution is -2.51. The summed E-state index contributed by atoms with van der Waals surface area (Å²) in [6.07, 6.45) is 0. The van der Waals surface area contributed by atoms with Crippen LogP contribution in [0.2, 0.25) is 0 Å². The van der Waals surface area contributed by atoms with E-state index in [2.05, 4.69) is 0 Å². The molecule has 0 radical (unpaired) electrons. The number of rotatable bonds is 3. The molecular weight excluding hydrogens is 414 g/mol. The molecule has 168 valence electrons. The molecule has 0 unspecified atom stereocenters. The number of methoxy groups -OCH3 is 3. The van der Waals surface area contributed by atoms with E-state index in [9.17, 15) is 14.4 Å². The molecule has 8 nitrogen and oxygen atoms in total. The van der Waals surface area contributed by atoms with Gasteiger partial charge in [-0.05, 0) is 26.0 Å². The summed E-state index contributed by atoms with van der Waals surface area (Å²) in [5, 5.41) is 0.810. The topological polar surface area (TPSA) is 93.1 Å². The van der Waals surface area contributed by atoms with Gasteiger partial charge >= 0.3 is 11.9 Å². The number of hydrogen-bond acceptors (Lipinski definition) is 7. The number of aryl methyl sites for hydroxylation is 1. The van der Waals surface area contributed by atoms with E-state index in [0.29, 0.717) is 38.9 Å². The van der Waals surface area contributed by atoms with E-state index in [1.54, 1.807) is 39.1 Å². The number of ether oxygens (including phenoxy) is 4. The first kappa shape index (κ1) is 21.7. The minimum absolute atomic E-state index is 0.239. The molecule has 8 heteroatoms. The van der Waals surface area contributed by atoms with Crippen molar-refractivity contribution in [2.24, 2.45) is 13.0 Å². The normalized spacial score (nSPS) is 19.2. The number of pyridine rings is 1. The molecule has 0 bridgehead atoms. The van der Waals surface area contributed by atoms with Crippen LogP contribution >= 0.6 is 0 Å². The SMILES string of the molecule is COC(=O)[C@@H]1c2c(cc(OC)c3c(=O)c4ccccc4n(C)c23)OC(C)(C)[C@@H]1C(=O)OC. The predicted octanol–water partition coefficient (Wildman–Crippen LogP) is 2.92. The first-order chi connectivity index (χ1) is 15.2. The first-order valence-electron chi connectivity index (χ1n) is 10.1. The molecule has 0 N–H and O–H groups in total. The summed E-state index contributed by atoms with van der Waals surface area (Å²) in [4.78, 5) is 39.5. The van der Waals surface area contributed by atoms with Crippen LogP contribution < -0.4 is 14.9 Å². The van der Waals surface area contributed by atoms with Crippen LogP contribution in [-0.4, -0.2) is 43.4 Å². The Morgan fingerprint density at radius 3 is 2.34 bits per heavy atom. The molecule has 1 aliphatic rings. The maximum atomic E-state index is 13.5. The Kier molecular flexibility index (Phi) is 5.11. The van der Waals surface area contributed by atoms with Crippen molar-refractivity contribution in [2.75, 3.05) is 21.3 Å². The number of aromatic nitrogens is 1. The molecule has 2 aromatic carbocycles. The third-order valence-electron chi connectivity index (χ3n) is 6.23. The van der Waals surface area contributed by atoms with Crippen LogP contribution in [0.4, 0.5) is 0 Å². The molecular formula is C24H25NO7. The van der Waals surface area contributed by atoms with Gasteiger partial charge in [-0.3, -0.25) is 14.4 Å². The number of fused-ring (bicyclic) bond motifs is 4. The van der Waals surface area contributed by atoms with Gasteiger partial charge < -0.3 is 23.5 Å². The van der Waals surface area contributed by atoms with E-state index in [-0.39, 0.29) is 5.43 Å². The minimum Gasteiger partial charge on any atom is -0.496 e. The van der Waals surface area contributed by atoms with Gasteiger partial charge in [0.25, 0.3) is 0 Å². The lowest BCUT2D eigenvalue weighted by Gasteiger charge is -2.42. The van der Waals surface area contributed by atoms with E-state index in [1.165, 1.54) is 21.3 Å². The van der Waals surface area contributed by atoms with Crippen LogP contribution in [0.3, 0.4) is 0 Å². The number of carbonyl (C=O) groups is 2. The van der Waals surface area contributed by atoms with Gasteiger partial charge in [0.1, 0.15) is 28.9 Å². The Bertz CT molecular complexity index is 1320. The zero-order chi connectivity index (χ0) is 23.4. The molecule has 0 aliphatic carbocycles. The predicted molar refractivity (Wildman–Crippen MR) is 118 cm³/mol. The number of nitrogens with zero attached hydrogens (tertiary/aromatic N) is 1. The van der Waals surface area contributed by atoms with E-state index in [1.807, 2.05) is 16.7 Å². The fourth-order valence-electron chi connectivity index (χ4n) is 4.81. The zero-order valence-electron chi connectivity index (χ0n) is 18.8. The molecule has 0 spiro atoms. The van der Waals surface area contributed by atoms with Crippen molar-refractivity contribution in [3.63, 3.8) is 0 Å². The summed E-state index contributed by atoms with van der Waals surface area (Å²) in [5.41, 5.74) is 0.184. The molecule has 0 saturated heterocycles. The molecule has 4 rings (SSSR count). The van der Waals surface area contributed by atoms with Crippen molar-refractivity contribution in [3.8, 4) is 11.5 Å². The van der Waals surface area contributed by atoms with Gasteiger partial charge in [-0.1, -0.05) is 12.1 Å². The Morgan fingerprint density at radius 1 is 1.06 bits per heavy atom. The summed E-state index contributed by atoms with van der Waals surface area (Å²) in [5.74, 6) is -2.60. The summed E-state index contributed by atoms with van der Waals surface area (Å²) >= 11 is 0. The first-order valence-corrected chi connectivity index (χ1v) is 10.1. The van der Waals surface area contributed by atoms with Crippen molar-refractivity contribution in [3.05, 3.63) is 46.1 Å². The van der Waals surface area contributed by atoms with Crippen LogP contribution in [0, 0.1) is 5.92 Å². The molecule has 2 atom stereocenters. The van der Waals surface area contributed by atoms with E-state index in [0.717, 1.165) is 0 Å². The largest absolute Gasteiger partial charge is 0.496 e. The van der Waals surface area contributed by atoms with Crippen LogP contribution in [0.25, 0.3) is 21.8 Å². The highest BCUT2D eigenvalue weighted by atomic mass is 16.5. The molecule has 0 saturated carbocycles. The molecule has 3 aromatic rings. The molecule has 32 heavy (non-hydrogen) atoms. The van der Waals surface area contributed by atoms with Crippen LogP contribution in [0.1, 0.15) is 25.3 Å². The lowest BCUT2D eigenvalue weighted by molar-refractivity contribution is -0.163. The van der Waals surface area contributed by atoms with E-state index in [4.69, 9.17) is 18.9 Å². The fourth-order valence-corrected chi connectivity index (χ4v) is 4.81. The molecule has 0 fully saturated rings. The number of benzene rings is 2. The van der Waals surface area contributed by atoms with Crippen molar-refractivity contribution in [1.29, 1.82) is 0 Å². The van der Waals surface area contributed by atoms with Crippen LogP contribution in [0.15, 0.2) is 35.1 Å². The summed E-state index contributed by atoms with van der Waals surface area (Å²) in [6.45, 7) is 3.42. The second-order valence-corrected chi connectivity index (χ2v) is 8.33. The van der Waals surface area contributed by atoms with Gasteiger partial charge in [0, 0.05) is 24.1 Å². The smallest absolute Gasteiger partial charge is 0.314 e. The third kappa shape index (κ3) is 2.93. The van der Waals surface area contributed by atoms with Crippen LogP contribution in [0.5, 0.6) is 11.5 Å². The maximum absolute atomic E-state index is 13.5. The average molecular weight is 439 g/mol. The van der Waals surface area contributed by atoms with Crippen molar-refractivity contribution in [2.45, 2.75) is 25.4 Å². The van der Waals surface area contributed by atoms with Gasteiger partial charge in [-0.15, -0.1) is 0 Å². The Balaban J connectivity index is 2.25. The number of esters is 2. The lowest BCUT2D eigenvalue weighted by atomic mass is 9.73. The maximum Gasteiger partial charge on any atom is 0.314 e. The highest BCUT2D eigenvalue weighted by Crippen LogP contribution is 2.50. The van der Waals surface area contributed by atoms with Gasteiger partial charge in [0.15, 0.2) is 0 Å². The summed E-state index contributed by atoms with van der Waals surface area (Å²) in [7, 11) is 5.79. The summed E-state index contributed by atoms with van der Waals surface area (Å²) < 4.78 is 23.7. The monoisotopic (exact) mass is 439 g/mol. The van der Waals surface area contributed by atoms with Gasteiger partial charge in [0.05, 0.1) is 37.7 Å². The third-order valence-corrected chi connectivity index (χ3v) is 6.23. The second-order valence-electron chi connectivity index (χ2n) is 8.33. The highest BCUT2D eigenvalue weighted by molar-refractivity contribution is 6.02. The number of hydrogen-bond donors (Lipinski definition) is 0. The zero-order valence-corrected chi connectivity index (χ0v) is 18.8. The summed E-state index contributed by atoms with van der Waals surface area (Å²) in [6, 6.07) is 8.77. The fraction of sp³-hybridized carbons (Fsp3) is 0.375. The van der Waals surface area contributed by atoms with Crippen molar-refractivity contribution in [1.82, 2.24) is 4.57 Å². The van der Waals surface area contributed by atoms with Gasteiger partial charge in [-0.25, -0.2) is 0 Å². The Morgan fingerprint density at radius 2 is 1.72 bits per heavy atom. The van der Waals surface area contributed by atoms with E-state index < -0.39 is 29.4 Å². The second kappa shape index (κ2) is 7.55. The Hall–Kier alpha value is -3.55. The van der Waals surface area contributed by atoms with Gasteiger partial charge in [-0.2, -0.15) is 0 Å². The van der Waals surface area contributed by atoms with E-state index >= 15 is 0 Å². The standard InChI is InChI=1S/C24H25NO7/c1-24(2)19(23(28)31-6)18(22(27)30-5)16-15(32-24)11-14(29-4)17-20(16)25(3)13-10-8-7-9-12(13)21(17)26/h7-11,18-19H,1-6H3/t18-,19+/m1/s1. The molecule has 0 amide bonds. The molecule has 1 aromatic heterocycles. The van der Waals surface area contributed by atoms with Gasteiger partial charge in [0.2, 0.25) is 5.43 Å². The highest BCUT2D eigenvalue weighted by Gasteiger charge is 2.53. The van der Waals surface area contributed by atoms with Crippen LogP contribution in [-0.2, 0) is 26.1 Å². The quantitative estimate of drug-likeness (QED) is 0.458.